The molecule has 0 aliphatic heterocycles. The second-order valence-electron chi connectivity index (χ2n) is 8.81. The molecule has 0 fully saturated rings. The second-order valence-corrected chi connectivity index (χ2v) is 9.38. The number of ketones is 1. The van der Waals surface area contributed by atoms with Crippen molar-refractivity contribution in [2.24, 2.45) is 11.3 Å². The first-order chi connectivity index (χ1) is 15.2. The van der Waals surface area contributed by atoms with Crippen LogP contribution in [0.4, 0.5) is 0 Å². The first-order valence-electron chi connectivity index (χ1n) is 10.6. The number of thiocarbonyl (C=S) groups is 1. The summed E-state index contributed by atoms with van der Waals surface area (Å²) in [7, 11) is 4.70. The third kappa shape index (κ3) is 7.45. The van der Waals surface area contributed by atoms with Crippen LogP contribution in [0.1, 0.15) is 44.7 Å². The molecule has 0 saturated heterocycles. The van der Waals surface area contributed by atoms with E-state index in [1.807, 2.05) is 30.5 Å². The van der Waals surface area contributed by atoms with Gasteiger partial charge in [0.05, 0.1) is 21.3 Å². The molecule has 0 amide bonds. The Hall–Kier alpha value is -2.73. The minimum Gasteiger partial charge on any atom is -0.493 e. The minimum absolute atomic E-state index is 0.0466. The van der Waals surface area contributed by atoms with E-state index in [2.05, 4.69) is 25.8 Å². The summed E-state index contributed by atoms with van der Waals surface area (Å²) in [6, 6.07) is 7.57. The molecule has 1 heterocycles. The van der Waals surface area contributed by atoms with E-state index in [-0.39, 0.29) is 17.1 Å². The van der Waals surface area contributed by atoms with Crippen molar-refractivity contribution in [2.45, 2.75) is 40.0 Å². The largest absolute Gasteiger partial charge is 0.493 e. The molecule has 1 unspecified atom stereocenters. The van der Waals surface area contributed by atoms with Crippen molar-refractivity contribution in [3.05, 3.63) is 53.9 Å². The molecule has 0 bridgehead atoms. The van der Waals surface area contributed by atoms with Crippen molar-refractivity contribution in [1.29, 1.82) is 0 Å². The van der Waals surface area contributed by atoms with Crippen molar-refractivity contribution in [2.75, 3.05) is 21.3 Å². The lowest BCUT2D eigenvalue weighted by Gasteiger charge is -2.30. The van der Waals surface area contributed by atoms with Gasteiger partial charge in [0.15, 0.2) is 17.3 Å². The van der Waals surface area contributed by atoms with E-state index in [4.69, 9.17) is 26.4 Å². The molecule has 172 valence electrons. The van der Waals surface area contributed by atoms with Gasteiger partial charge < -0.3 is 14.2 Å². The zero-order valence-corrected chi connectivity index (χ0v) is 20.6. The van der Waals surface area contributed by atoms with Crippen LogP contribution in [-0.4, -0.2) is 37.0 Å². The summed E-state index contributed by atoms with van der Waals surface area (Å²) >= 11 is 5.66. The average Bonchev–Trinajstić information content (AvgIpc) is 2.76. The van der Waals surface area contributed by atoms with Crippen LogP contribution in [0.2, 0.25) is 0 Å². The number of carbonyl (C=O) groups excluding carboxylic acids is 1. The molecule has 1 aromatic carbocycles. The van der Waals surface area contributed by atoms with Crippen LogP contribution in [0, 0.1) is 11.3 Å². The smallest absolute Gasteiger partial charge is 0.203 e. The van der Waals surface area contributed by atoms with Gasteiger partial charge in [0.1, 0.15) is 0 Å². The van der Waals surface area contributed by atoms with E-state index in [1.165, 1.54) is 0 Å². The number of nitrogens with zero attached hydrogens (tertiary/aromatic N) is 1. The van der Waals surface area contributed by atoms with Crippen molar-refractivity contribution >= 4 is 28.9 Å². The molecular weight excluding hydrogens is 422 g/mol. The zero-order valence-electron chi connectivity index (χ0n) is 19.8. The molecule has 32 heavy (non-hydrogen) atoms. The fourth-order valence-electron chi connectivity index (χ4n) is 3.46. The van der Waals surface area contributed by atoms with Crippen LogP contribution in [0.15, 0.2) is 42.7 Å². The standard InChI is InChI=1S/C26H33NO4S/c1-26(2,3)20(16-22(32)12-19-8-7-11-27-17-19)15-21(28)10-9-18-13-23(29-4)25(31-6)24(14-18)30-5/h7-11,13-14,17,20H,12,15-16H2,1-6H3/b10-9+. The number of carbonyl (C=O) groups is 1. The van der Waals surface area contributed by atoms with Gasteiger partial charge >= 0.3 is 0 Å². The topological polar surface area (TPSA) is 57.7 Å². The van der Waals surface area contributed by atoms with Crippen molar-refractivity contribution < 1.29 is 19.0 Å². The number of hydrogen-bond acceptors (Lipinski definition) is 6. The van der Waals surface area contributed by atoms with Crippen molar-refractivity contribution in [3.8, 4) is 17.2 Å². The molecular formula is C26H33NO4S. The van der Waals surface area contributed by atoms with E-state index in [1.54, 1.807) is 39.7 Å². The maximum absolute atomic E-state index is 12.8. The summed E-state index contributed by atoms with van der Waals surface area (Å²) in [4.78, 5) is 17.9. The Balaban J connectivity index is 2.10. The average molecular weight is 456 g/mol. The lowest BCUT2D eigenvalue weighted by molar-refractivity contribution is -0.116. The third-order valence-electron chi connectivity index (χ3n) is 5.42. The Kier molecular flexibility index (Phi) is 9.39. The van der Waals surface area contributed by atoms with Gasteiger partial charge in [0, 0.05) is 25.2 Å². The number of allylic oxidation sites excluding steroid dienone is 1. The van der Waals surface area contributed by atoms with Crippen LogP contribution in [0.3, 0.4) is 0 Å². The Labute approximate surface area is 196 Å². The monoisotopic (exact) mass is 455 g/mol. The number of ether oxygens (including phenoxy) is 3. The van der Waals surface area contributed by atoms with E-state index < -0.39 is 0 Å². The second kappa shape index (κ2) is 11.8. The summed E-state index contributed by atoms with van der Waals surface area (Å²) in [5, 5.41) is 0. The number of pyridine rings is 1. The van der Waals surface area contributed by atoms with Crippen molar-refractivity contribution in [1.82, 2.24) is 4.98 Å². The molecule has 0 aliphatic carbocycles. The predicted molar refractivity (Wildman–Crippen MR) is 133 cm³/mol. The summed E-state index contributed by atoms with van der Waals surface area (Å²) < 4.78 is 16.1. The quantitative estimate of drug-likeness (QED) is 0.318. The normalized spacial score (nSPS) is 12.4. The van der Waals surface area contributed by atoms with Crippen molar-refractivity contribution in [3.63, 3.8) is 0 Å². The van der Waals surface area contributed by atoms with Gasteiger partial charge in [-0.05, 0) is 58.0 Å². The van der Waals surface area contributed by atoms with Crippen LogP contribution in [0.25, 0.3) is 6.08 Å². The number of rotatable bonds is 11. The molecule has 0 spiro atoms. The lowest BCUT2D eigenvalue weighted by Crippen LogP contribution is -2.25. The molecule has 6 heteroatoms. The van der Waals surface area contributed by atoms with Gasteiger partial charge in [-0.25, -0.2) is 0 Å². The summed E-state index contributed by atoms with van der Waals surface area (Å²) in [5.41, 5.74) is 1.85. The maximum Gasteiger partial charge on any atom is 0.203 e. The molecule has 0 N–H and O–H groups in total. The molecule has 0 radical (unpaired) electrons. The fraction of sp³-hybridized carbons (Fsp3) is 0.423. The first kappa shape index (κ1) is 25.5. The third-order valence-corrected chi connectivity index (χ3v) is 5.73. The highest BCUT2D eigenvalue weighted by atomic mass is 32.1. The first-order valence-corrected chi connectivity index (χ1v) is 11.0. The van der Waals surface area contributed by atoms with Crippen LogP contribution < -0.4 is 14.2 Å². The molecule has 1 aromatic heterocycles. The van der Waals surface area contributed by atoms with Crippen LogP contribution in [0.5, 0.6) is 17.2 Å². The number of hydrogen-bond donors (Lipinski definition) is 0. The van der Waals surface area contributed by atoms with Gasteiger partial charge in [-0.2, -0.15) is 0 Å². The summed E-state index contributed by atoms with van der Waals surface area (Å²) in [6.07, 6.45) is 8.83. The van der Waals surface area contributed by atoms with Gasteiger partial charge in [-0.1, -0.05) is 45.1 Å². The highest BCUT2D eigenvalue weighted by Gasteiger charge is 2.27. The van der Waals surface area contributed by atoms with E-state index in [0.717, 1.165) is 22.4 Å². The van der Waals surface area contributed by atoms with Gasteiger partial charge in [0.2, 0.25) is 5.75 Å². The minimum atomic E-state index is -0.0466. The number of benzene rings is 1. The van der Waals surface area contributed by atoms with Crippen LogP contribution in [-0.2, 0) is 11.2 Å². The molecule has 1 atom stereocenters. The van der Waals surface area contributed by atoms with Gasteiger partial charge in [-0.3, -0.25) is 9.78 Å². The Morgan fingerprint density at radius 3 is 2.25 bits per heavy atom. The molecule has 2 aromatic rings. The van der Waals surface area contributed by atoms with E-state index in [0.29, 0.717) is 30.1 Å². The number of aromatic nitrogens is 1. The van der Waals surface area contributed by atoms with E-state index in [9.17, 15) is 4.79 Å². The molecule has 2 rings (SSSR count). The number of methoxy groups -OCH3 is 3. The lowest BCUT2D eigenvalue weighted by atomic mass is 9.75. The van der Waals surface area contributed by atoms with Gasteiger partial charge in [0.25, 0.3) is 0 Å². The molecule has 5 nitrogen and oxygen atoms in total. The highest BCUT2D eigenvalue weighted by Crippen LogP contribution is 2.38. The zero-order chi connectivity index (χ0) is 23.7. The molecule has 0 aliphatic rings. The predicted octanol–water partition coefficient (Wildman–Crippen LogP) is 5.74. The fourth-order valence-corrected chi connectivity index (χ4v) is 3.83. The highest BCUT2D eigenvalue weighted by molar-refractivity contribution is 7.80. The summed E-state index contributed by atoms with van der Waals surface area (Å²) in [6.45, 7) is 6.46. The maximum atomic E-state index is 12.8. The van der Waals surface area contributed by atoms with E-state index >= 15 is 0 Å². The Morgan fingerprint density at radius 2 is 1.75 bits per heavy atom. The van der Waals surface area contributed by atoms with Gasteiger partial charge in [-0.15, -0.1) is 0 Å². The van der Waals surface area contributed by atoms with Crippen LogP contribution >= 0.6 is 12.2 Å². The molecule has 0 saturated carbocycles. The summed E-state index contributed by atoms with van der Waals surface area (Å²) in [5.74, 6) is 1.82. The SMILES string of the molecule is COc1cc(/C=C/C(=O)CC(CC(=S)Cc2cccnc2)C(C)(C)C)cc(OC)c1OC. The Bertz CT molecular complexity index is 923. The Morgan fingerprint density at radius 1 is 1.09 bits per heavy atom.